The maximum Gasteiger partial charge on any atom is 0.230 e. The highest BCUT2D eigenvalue weighted by atomic mass is 32.2. The molecule has 0 heterocycles. The Morgan fingerprint density at radius 2 is 1.83 bits per heavy atom. The van der Waals surface area contributed by atoms with Gasteiger partial charge in [-0.15, -0.1) is 11.8 Å². The number of methoxy groups -OCH3 is 1. The van der Waals surface area contributed by atoms with Crippen molar-refractivity contribution in [1.29, 1.82) is 0 Å². The fourth-order valence-corrected chi connectivity index (χ4v) is 3.01. The normalized spacial score (nSPS) is 10.3. The first-order valence-corrected chi connectivity index (χ1v) is 8.56. The molecule has 0 atom stereocenters. The third-order valence-corrected chi connectivity index (χ3v) is 4.34. The smallest absolute Gasteiger partial charge is 0.230 e. The first kappa shape index (κ1) is 17.3. The van der Waals surface area contributed by atoms with Crippen LogP contribution < -0.4 is 10.1 Å². The van der Waals surface area contributed by atoms with Gasteiger partial charge in [0.25, 0.3) is 0 Å². The van der Waals surface area contributed by atoms with Crippen LogP contribution in [0.5, 0.6) is 5.75 Å². The minimum Gasteiger partial charge on any atom is -0.496 e. The first-order chi connectivity index (χ1) is 11.2. The average Bonchev–Trinajstić information content (AvgIpc) is 2.57. The second-order valence-corrected chi connectivity index (χ2v) is 5.98. The van der Waals surface area contributed by atoms with E-state index in [-0.39, 0.29) is 11.7 Å². The molecule has 0 saturated heterocycles. The molecule has 0 fully saturated rings. The monoisotopic (exact) mass is 333 g/mol. The highest BCUT2D eigenvalue weighted by molar-refractivity contribution is 7.99. The molecule has 0 aliphatic rings. The van der Waals surface area contributed by atoms with E-state index in [1.807, 2.05) is 24.3 Å². The lowest BCUT2D eigenvalue weighted by Gasteiger charge is -2.09. The molecule has 122 valence electrons. The van der Waals surface area contributed by atoms with Crippen LogP contribution in [0.15, 0.2) is 48.5 Å². The number of amides is 1. The van der Waals surface area contributed by atoms with E-state index in [1.165, 1.54) is 17.8 Å². The maximum absolute atomic E-state index is 13.5. The van der Waals surface area contributed by atoms with Gasteiger partial charge in [-0.1, -0.05) is 36.4 Å². The largest absolute Gasteiger partial charge is 0.496 e. The molecule has 1 N–H and O–H groups in total. The molecule has 5 heteroatoms. The summed E-state index contributed by atoms with van der Waals surface area (Å²) >= 11 is 1.41. The third-order valence-electron chi connectivity index (χ3n) is 3.36. The summed E-state index contributed by atoms with van der Waals surface area (Å²) in [6.07, 6.45) is 0.716. The highest BCUT2D eigenvalue weighted by Gasteiger charge is 2.06. The molecule has 0 bridgehead atoms. The van der Waals surface area contributed by atoms with E-state index in [2.05, 4.69) is 5.32 Å². The van der Waals surface area contributed by atoms with Crippen LogP contribution in [0.1, 0.15) is 11.1 Å². The van der Waals surface area contributed by atoms with Crippen LogP contribution in [0, 0.1) is 5.82 Å². The summed E-state index contributed by atoms with van der Waals surface area (Å²) in [6, 6.07) is 14.4. The Kier molecular flexibility index (Phi) is 6.94. The van der Waals surface area contributed by atoms with E-state index in [9.17, 15) is 9.18 Å². The Hall–Kier alpha value is -2.01. The molecule has 0 aliphatic carbocycles. The standard InChI is InChI=1S/C18H20FNO2S/c1-22-17-9-5-3-6-14(17)10-11-20-18(21)13-23-12-15-7-2-4-8-16(15)19/h2-9H,10-13H2,1H3,(H,20,21). The van der Waals surface area contributed by atoms with Gasteiger partial charge in [0.1, 0.15) is 11.6 Å². The molecule has 2 rings (SSSR count). The Balaban J connectivity index is 1.68. The van der Waals surface area contributed by atoms with Gasteiger partial charge in [-0.25, -0.2) is 4.39 Å². The molecule has 23 heavy (non-hydrogen) atoms. The van der Waals surface area contributed by atoms with E-state index >= 15 is 0 Å². The molecule has 3 nitrogen and oxygen atoms in total. The van der Waals surface area contributed by atoms with E-state index in [4.69, 9.17) is 4.74 Å². The van der Waals surface area contributed by atoms with Gasteiger partial charge in [0, 0.05) is 12.3 Å². The third kappa shape index (κ3) is 5.60. The molecule has 1 amide bonds. The molecule has 0 unspecified atom stereocenters. The first-order valence-electron chi connectivity index (χ1n) is 7.40. The Morgan fingerprint density at radius 3 is 2.57 bits per heavy atom. The van der Waals surface area contributed by atoms with Crippen molar-refractivity contribution in [3.63, 3.8) is 0 Å². The fraction of sp³-hybridized carbons (Fsp3) is 0.278. The van der Waals surface area contributed by atoms with Crippen LogP contribution in [0.25, 0.3) is 0 Å². The van der Waals surface area contributed by atoms with Gasteiger partial charge in [0.15, 0.2) is 0 Å². The molecule has 0 radical (unpaired) electrons. The number of hydrogen-bond acceptors (Lipinski definition) is 3. The topological polar surface area (TPSA) is 38.3 Å². The summed E-state index contributed by atoms with van der Waals surface area (Å²) in [6.45, 7) is 0.555. The van der Waals surface area contributed by atoms with E-state index in [0.717, 1.165) is 11.3 Å². The van der Waals surface area contributed by atoms with Crippen molar-refractivity contribution in [3.8, 4) is 5.75 Å². The van der Waals surface area contributed by atoms with Gasteiger partial charge in [0.05, 0.1) is 12.9 Å². The molecule has 0 aliphatic heterocycles. The van der Waals surface area contributed by atoms with E-state index in [0.29, 0.717) is 30.0 Å². The number of carbonyl (C=O) groups is 1. The van der Waals surface area contributed by atoms with Crippen molar-refractivity contribution in [2.75, 3.05) is 19.4 Å². The number of ether oxygens (including phenoxy) is 1. The lowest BCUT2D eigenvalue weighted by molar-refractivity contribution is -0.118. The number of para-hydroxylation sites is 1. The van der Waals surface area contributed by atoms with Crippen molar-refractivity contribution >= 4 is 17.7 Å². The molecular formula is C18H20FNO2S. The van der Waals surface area contributed by atoms with Gasteiger partial charge in [0.2, 0.25) is 5.91 Å². The summed E-state index contributed by atoms with van der Waals surface area (Å²) in [7, 11) is 1.64. The number of halogens is 1. The van der Waals surface area contributed by atoms with E-state index in [1.54, 1.807) is 25.3 Å². The second kappa shape index (κ2) is 9.20. The molecular weight excluding hydrogens is 313 g/mol. The highest BCUT2D eigenvalue weighted by Crippen LogP contribution is 2.17. The summed E-state index contributed by atoms with van der Waals surface area (Å²) in [5.74, 6) is 1.38. The van der Waals surface area contributed by atoms with Gasteiger partial charge in [-0.05, 0) is 29.7 Å². The zero-order valence-electron chi connectivity index (χ0n) is 13.0. The minimum absolute atomic E-state index is 0.0405. The fourth-order valence-electron chi connectivity index (χ4n) is 2.17. The van der Waals surface area contributed by atoms with Gasteiger partial charge in [-0.2, -0.15) is 0 Å². The SMILES string of the molecule is COc1ccccc1CCNC(=O)CSCc1ccccc1F. The minimum atomic E-state index is -0.225. The second-order valence-electron chi connectivity index (χ2n) is 5.00. The molecule has 2 aromatic carbocycles. The van der Waals surface area contributed by atoms with Gasteiger partial charge >= 0.3 is 0 Å². The Morgan fingerprint density at radius 1 is 1.13 bits per heavy atom. The summed E-state index contributed by atoms with van der Waals surface area (Å²) < 4.78 is 18.7. The van der Waals surface area contributed by atoms with Crippen molar-refractivity contribution in [2.24, 2.45) is 0 Å². The number of thioether (sulfide) groups is 1. The Labute approximate surface area is 140 Å². The van der Waals surface area contributed by atoms with Crippen molar-refractivity contribution in [1.82, 2.24) is 5.32 Å². The average molecular weight is 333 g/mol. The number of nitrogens with one attached hydrogen (secondary N) is 1. The zero-order chi connectivity index (χ0) is 16.5. The van der Waals surface area contributed by atoms with Crippen molar-refractivity contribution in [3.05, 3.63) is 65.5 Å². The number of hydrogen-bond donors (Lipinski definition) is 1. The van der Waals surface area contributed by atoms with Crippen LogP contribution in [0.4, 0.5) is 4.39 Å². The van der Waals surface area contributed by atoms with Crippen LogP contribution in [-0.2, 0) is 17.0 Å². The number of rotatable bonds is 8. The predicted octanol–water partition coefficient (Wildman–Crippen LogP) is 3.43. The van der Waals surface area contributed by atoms with Gasteiger partial charge < -0.3 is 10.1 Å². The van der Waals surface area contributed by atoms with Crippen molar-refractivity contribution in [2.45, 2.75) is 12.2 Å². The lowest BCUT2D eigenvalue weighted by atomic mass is 10.1. The van der Waals surface area contributed by atoms with E-state index < -0.39 is 0 Å². The van der Waals surface area contributed by atoms with Crippen LogP contribution in [-0.4, -0.2) is 25.3 Å². The quantitative estimate of drug-likeness (QED) is 0.804. The van der Waals surface area contributed by atoms with Crippen LogP contribution in [0.2, 0.25) is 0 Å². The summed E-state index contributed by atoms with van der Waals surface area (Å²) in [4.78, 5) is 11.8. The number of benzene rings is 2. The molecule has 0 spiro atoms. The van der Waals surface area contributed by atoms with Crippen molar-refractivity contribution < 1.29 is 13.9 Å². The predicted molar refractivity (Wildman–Crippen MR) is 92.3 cm³/mol. The van der Waals surface area contributed by atoms with Crippen LogP contribution >= 0.6 is 11.8 Å². The number of carbonyl (C=O) groups excluding carboxylic acids is 1. The summed E-state index contributed by atoms with van der Waals surface area (Å²) in [5.41, 5.74) is 1.69. The maximum atomic E-state index is 13.5. The lowest BCUT2D eigenvalue weighted by Crippen LogP contribution is -2.27. The molecule has 2 aromatic rings. The molecule has 0 saturated carbocycles. The van der Waals surface area contributed by atoms with Crippen LogP contribution in [0.3, 0.4) is 0 Å². The summed E-state index contributed by atoms with van der Waals surface area (Å²) in [5, 5.41) is 2.87. The zero-order valence-corrected chi connectivity index (χ0v) is 13.9. The Bertz CT molecular complexity index is 648. The van der Waals surface area contributed by atoms with Gasteiger partial charge in [-0.3, -0.25) is 4.79 Å². The molecule has 0 aromatic heterocycles.